The highest BCUT2D eigenvalue weighted by Crippen LogP contribution is 2.33. The summed E-state index contributed by atoms with van der Waals surface area (Å²) in [5.74, 6) is 1.04. The van der Waals surface area contributed by atoms with E-state index in [0.717, 1.165) is 0 Å². The van der Waals surface area contributed by atoms with Crippen LogP contribution in [0.2, 0.25) is 0 Å². The maximum absolute atomic E-state index is 11.9. The first-order valence-electron chi connectivity index (χ1n) is 5.61. The number of carbonyl (C=O) groups excluding carboxylic acids is 1. The molecule has 0 bridgehead atoms. The Balaban J connectivity index is 1.68. The summed E-state index contributed by atoms with van der Waals surface area (Å²) in [6.45, 7) is 0. The first-order valence-corrected chi connectivity index (χ1v) is 5.61. The van der Waals surface area contributed by atoms with Gasteiger partial charge in [0.05, 0.1) is 0 Å². The lowest BCUT2D eigenvalue weighted by molar-refractivity contribution is 0.0184. The number of hydrogen-bond donors (Lipinski definition) is 1. The fraction of sp³-hybridized carbons (Fsp3) is 0.0714. The van der Waals surface area contributed by atoms with Crippen LogP contribution in [0.25, 0.3) is 0 Å². The van der Waals surface area contributed by atoms with Crippen LogP contribution in [-0.4, -0.2) is 12.3 Å². The number of nitrogens with one attached hydrogen (secondary N) is 1. The van der Waals surface area contributed by atoms with Crippen LogP contribution >= 0.6 is 0 Å². The van der Waals surface area contributed by atoms with E-state index in [4.69, 9.17) is 9.47 Å². The predicted octanol–water partition coefficient (Wildman–Crippen LogP) is 2.17. The Morgan fingerprint density at radius 1 is 0.889 bits per heavy atom. The normalized spacial score (nSPS) is 13.3. The molecule has 3 rings (SSSR count). The Bertz CT molecular complexity index is 543. The number of amides is 1. The second kappa shape index (κ2) is 4.41. The molecule has 0 radical (unpaired) electrons. The van der Waals surface area contributed by atoms with Gasteiger partial charge < -0.3 is 9.47 Å². The van der Waals surface area contributed by atoms with Gasteiger partial charge in [-0.2, -0.15) is 0 Å². The predicted molar refractivity (Wildman–Crippen MR) is 65.4 cm³/mol. The summed E-state index contributed by atoms with van der Waals surface area (Å²) in [5.41, 5.74) is 0.570. The van der Waals surface area contributed by atoms with Crippen LogP contribution in [0, 0.1) is 0 Å². The highest BCUT2D eigenvalue weighted by atomic mass is 16.7. The van der Waals surface area contributed by atoms with Crippen molar-refractivity contribution in [1.82, 2.24) is 5.32 Å². The molecule has 1 amide bonds. The van der Waals surface area contributed by atoms with Crippen LogP contribution in [-0.2, 0) is 0 Å². The molecule has 0 aromatic heterocycles. The zero-order valence-corrected chi connectivity index (χ0v) is 9.50. The highest BCUT2D eigenvalue weighted by Gasteiger charge is 2.25. The maximum Gasteiger partial charge on any atom is 0.327 e. The second-order valence-electron chi connectivity index (χ2n) is 3.85. The van der Waals surface area contributed by atoms with Gasteiger partial charge in [-0.3, -0.25) is 10.1 Å². The number of carbonyl (C=O) groups is 1. The standard InChI is InChI=1S/C14H11NO3/c16-13(10-6-2-1-3-7-10)15-14-17-11-8-4-5-9-12(11)18-14/h1-9,14H,(H,15,16). The lowest BCUT2D eigenvalue weighted by Crippen LogP contribution is -2.40. The summed E-state index contributed by atoms with van der Waals surface area (Å²) in [4.78, 5) is 11.9. The summed E-state index contributed by atoms with van der Waals surface area (Å²) in [6, 6.07) is 16.2. The second-order valence-corrected chi connectivity index (χ2v) is 3.85. The third-order valence-corrected chi connectivity index (χ3v) is 2.60. The largest absolute Gasteiger partial charge is 0.433 e. The van der Waals surface area contributed by atoms with E-state index < -0.39 is 6.41 Å². The molecule has 18 heavy (non-hydrogen) atoms. The first kappa shape index (κ1) is 10.7. The van der Waals surface area contributed by atoms with Crippen LogP contribution in [0.3, 0.4) is 0 Å². The van der Waals surface area contributed by atoms with Crippen molar-refractivity contribution < 1.29 is 14.3 Å². The van der Waals surface area contributed by atoms with Gasteiger partial charge in [-0.1, -0.05) is 30.3 Å². The molecule has 1 aliphatic rings. The van der Waals surface area contributed by atoms with E-state index in [2.05, 4.69) is 5.32 Å². The molecule has 4 nitrogen and oxygen atoms in total. The van der Waals surface area contributed by atoms with Crippen LogP contribution < -0.4 is 14.8 Å². The maximum atomic E-state index is 11.9. The minimum absolute atomic E-state index is 0.228. The number of hydrogen-bond acceptors (Lipinski definition) is 3. The topological polar surface area (TPSA) is 47.6 Å². The van der Waals surface area contributed by atoms with E-state index in [1.54, 1.807) is 36.4 Å². The van der Waals surface area contributed by atoms with Gasteiger partial charge in [0.15, 0.2) is 11.5 Å². The molecule has 0 saturated carbocycles. The molecule has 90 valence electrons. The fourth-order valence-electron chi connectivity index (χ4n) is 1.74. The Morgan fingerprint density at radius 3 is 2.06 bits per heavy atom. The average molecular weight is 241 g/mol. The number of rotatable bonds is 2. The molecule has 1 aliphatic heterocycles. The van der Waals surface area contributed by atoms with Gasteiger partial charge in [0.25, 0.3) is 5.91 Å². The SMILES string of the molecule is O=C(NC1Oc2ccccc2O1)c1ccccc1. The van der Waals surface area contributed by atoms with Crippen molar-refractivity contribution in [2.75, 3.05) is 0 Å². The van der Waals surface area contributed by atoms with Gasteiger partial charge in [0.2, 0.25) is 0 Å². The molecule has 1 N–H and O–H groups in total. The average Bonchev–Trinajstić information content (AvgIpc) is 2.82. The van der Waals surface area contributed by atoms with Crippen LogP contribution in [0.5, 0.6) is 11.5 Å². The quantitative estimate of drug-likeness (QED) is 0.876. The van der Waals surface area contributed by atoms with Gasteiger partial charge in [-0.25, -0.2) is 0 Å². The van der Waals surface area contributed by atoms with E-state index >= 15 is 0 Å². The van der Waals surface area contributed by atoms with Crippen molar-refractivity contribution >= 4 is 5.91 Å². The Kier molecular flexibility index (Phi) is 2.61. The zero-order chi connectivity index (χ0) is 12.4. The van der Waals surface area contributed by atoms with E-state index in [1.165, 1.54) is 0 Å². The summed E-state index contributed by atoms with van der Waals surface area (Å²) >= 11 is 0. The van der Waals surface area contributed by atoms with Crippen molar-refractivity contribution in [3.05, 3.63) is 60.2 Å². The van der Waals surface area contributed by atoms with Gasteiger partial charge in [0.1, 0.15) is 0 Å². The Hall–Kier alpha value is -2.49. The third kappa shape index (κ3) is 2.00. The summed E-state index contributed by atoms with van der Waals surface area (Å²) in [7, 11) is 0. The van der Waals surface area contributed by atoms with Gasteiger partial charge in [-0.15, -0.1) is 0 Å². The molecule has 2 aromatic rings. The van der Waals surface area contributed by atoms with E-state index in [9.17, 15) is 4.79 Å². The minimum Gasteiger partial charge on any atom is -0.433 e. The van der Waals surface area contributed by atoms with E-state index in [0.29, 0.717) is 17.1 Å². The fourth-order valence-corrected chi connectivity index (χ4v) is 1.74. The number of para-hydroxylation sites is 2. The monoisotopic (exact) mass is 241 g/mol. The van der Waals surface area contributed by atoms with Crippen molar-refractivity contribution in [2.45, 2.75) is 6.41 Å². The molecule has 0 saturated heterocycles. The lowest BCUT2D eigenvalue weighted by Gasteiger charge is -2.11. The zero-order valence-electron chi connectivity index (χ0n) is 9.50. The molecule has 0 atom stereocenters. The molecular formula is C14H11NO3. The van der Waals surface area contributed by atoms with Crippen molar-refractivity contribution in [3.8, 4) is 11.5 Å². The van der Waals surface area contributed by atoms with Crippen LogP contribution in [0.4, 0.5) is 0 Å². The Morgan fingerprint density at radius 2 is 1.44 bits per heavy atom. The lowest BCUT2D eigenvalue weighted by atomic mass is 10.2. The first-order chi connectivity index (χ1) is 8.83. The molecule has 1 heterocycles. The highest BCUT2D eigenvalue weighted by molar-refractivity contribution is 5.94. The number of ether oxygens (including phenoxy) is 2. The van der Waals surface area contributed by atoms with Crippen molar-refractivity contribution in [2.24, 2.45) is 0 Å². The smallest absolute Gasteiger partial charge is 0.327 e. The molecule has 0 spiro atoms. The van der Waals surface area contributed by atoms with E-state index in [1.807, 2.05) is 18.2 Å². The van der Waals surface area contributed by atoms with Gasteiger partial charge in [0, 0.05) is 5.56 Å². The summed E-state index contributed by atoms with van der Waals surface area (Å²) < 4.78 is 10.9. The molecular weight excluding hydrogens is 230 g/mol. The minimum atomic E-state index is -0.768. The van der Waals surface area contributed by atoms with Crippen molar-refractivity contribution in [3.63, 3.8) is 0 Å². The van der Waals surface area contributed by atoms with Gasteiger partial charge in [-0.05, 0) is 24.3 Å². The Labute approximate surface area is 104 Å². The van der Waals surface area contributed by atoms with Crippen LogP contribution in [0.15, 0.2) is 54.6 Å². The molecule has 0 unspecified atom stereocenters. The molecule has 0 aliphatic carbocycles. The summed E-state index contributed by atoms with van der Waals surface area (Å²) in [6.07, 6.45) is -0.768. The molecule has 0 fully saturated rings. The molecule has 4 heteroatoms. The van der Waals surface area contributed by atoms with Gasteiger partial charge >= 0.3 is 6.41 Å². The third-order valence-electron chi connectivity index (χ3n) is 2.60. The van der Waals surface area contributed by atoms with E-state index in [-0.39, 0.29) is 5.91 Å². The number of benzene rings is 2. The van der Waals surface area contributed by atoms with Crippen molar-refractivity contribution in [1.29, 1.82) is 0 Å². The summed E-state index contributed by atoms with van der Waals surface area (Å²) in [5, 5.41) is 2.66. The number of fused-ring (bicyclic) bond motifs is 1. The van der Waals surface area contributed by atoms with Crippen LogP contribution in [0.1, 0.15) is 10.4 Å². The molecule has 2 aromatic carbocycles.